The van der Waals surface area contributed by atoms with Crippen molar-refractivity contribution in [2.45, 2.75) is 19.8 Å². The third kappa shape index (κ3) is 2.87. The summed E-state index contributed by atoms with van der Waals surface area (Å²) in [6.45, 7) is 1.94. The van der Waals surface area contributed by atoms with Crippen LogP contribution in [0.5, 0.6) is 0 Å². The van der Waals surface area contributed by atoms with E-state index in [1.807, 2.05) is 13.0 Å². The zero-order valence-corrected chi connectivity index (χ0v) is 9.25. The number of hydrogen-bond acceptors (Lipinski definition) is 5. The van der Waals surface area contributed by atoms with Gasteiger partial charge in [0.1, 0.15) is 5.69 Å². The minimum absolute atomic E-state index is 0.0248. The predicted octanol–water partition coefficient (Wildman–Crippen LogP) is 1.46. The average Bonchev–Trinajstić information content (AvgIpc) is 2.76. The van der Waals surface area contributed by atoms with Crippen LogP contribution in [0.25, 0.3) is 11.5 Å². The number of aryl methyl sites for hydroxylation is 2. The lowest BCUT2D eigenvalue weighted by molar-refractivity contribution is -0.137. The summed E-state index contributed by atoms with van der Waals surface area (Å²) in [6.07, 6.45) is 1.92. The first-order valence-corrected chi connectivity index (χ1v) is 5.12. The van der Waals surface area contributed by atoms with Gasteiger partial charge >= 0.3 is 5.97 Å². The number of hydrogen-bond donors (Lipinski definition) is 1. The maximum absolute atomic E-state index is 10.4. The van der Waals surface area contributed by atoms with E-state index in [-0.39, 0.29) is 12.8 Å². The number of nitrogens with zero attached hydrogens (tertiary/aromatic N) is 3. The second-order valence-corrected chi connectivity index (χ2v) is 3.63. The van der Waals surface area contributed by atoms with E-state index in [2.05, 4.69) is 15.1 Å². The van der Waals surface area contributed by atoms with Crippen LogP contribution in [0, 0.1) is 6.92 Å². The molecule has 0 radical (unpaired) electrons. The molecule has 0 bridgehead atoms. The molecule has 0 aliphatic rings. The van der Waals surface area contributed by atoms with Crippen LogP contribution in [0.15, 0.2) is 22.9 Å². The van der Waals surface area contributed by atoms with Crippen molar-refractivity contribution >= 4 is 5.97 Å². The molecule has 0 spiro atoms. The highest BCUT2D eigenvalue weighted by Crippen LogP contribution is 2.13. The molecule has 0 unspecified atom stereocenters. The first-order chi connectivity index (χ1) is 8.15. The maximum atomic E-state index is 10.4. The Kier molecular flexibility index (Phi) is 3.13. The number of carbonyl (C=O) groups is 1. The van der Waals surface area contributed by atoms with Gasteiger partial charge in [-0.05, 0) is 18.6 Å². The third-order valence-electron chi connectivity index (χ3n) is 2.16. The number of carboxylic acids is 1. The molecule has 0 fully saturated rings. The molecule has 17 heavy (non-hydrogen) atoms. The molecular weight excluding hydrogens is 222 g/mol. The fourth-order valence-electron chi connectivity index (χ4n) is 1.27. The van der Waals surface area contributed by atoms with E-state index < -0.39 is 5.97 Å². The van der Waals surface area contributed by atoms with Crippen molar-refractivity contribution in [1.82, 2.24) is 15.1 Å². The van der Waals surface area contributed by atoms with Crippen molar-refractivity contribution in [1.29, 1.82) is 0 Å². The summed E-state index contributed by atoms with van der Waals surface area (Å²) in [4.78, 5) is 18.6. The lowest BCUT2D eigenvalue weighted by Crippen LogP contribution is -1.97. The first-order valence-electron chi connectivity index (χ1n) is 5.12. The van der Waals surface area contributed by atoms with Crippen LogP contribution in [0.1, 0.15) is 17.9 Å². The Hall–Kier alpha value is -2.24. The molecule has 6 nitrogen and oxygen atoms in total. The average molecular weight is 233 g/mol. The monoisotopic (exact) mass is 233 g/mol. The summed E-state index contributed by atoms with van der Waals surface area (Å²) >= 11 is 0. The van der Waals surface area contributed by atoms with Crippen LogP contribution in [0.3, 0.4) is 0 Å². The molecule has 88 valence electrons. The number of aromatic nitrogens is 3. The van der Waals surface area contributed by atoms with Gasteiger partial charge in [0, 0.05) is 12.6 Å². The molecule has 0 aromatic carbocycles. The molecule has 0 atom stereocenters. The van der Waals surface area contributed by atoms with Gasteiger partial charge in [0.05, 0.1) is 6.42 Å². The Bertz CT molecular complexity index is 519. The van der Waals surface area contributed by atoms with Crippen molar-refractivity contribution in [2.24, 2.45) is 0 Å². The highest BCUT2D eigenvalue weighted by atomic mass is 16.5. The molecule has 0 aliphatic heterocycles. The third-order valence-corrected chi connectivity index (χ3v) is 2.16. The smallest absolute Gasteiger partial charge is 0.303 e. The van der Waals surface area contributed by atoms with E-state index >= 15 is 0 Å². The summed E-state index contributed by atoms with van der Waals surface area (Å²) < 4.78 is 4.94. The normalized spacial score (nSPS) is 10.4. The van der Waals surface area contributed by atoms with Crippen molar-refractivity contribution < 1.29 is 14.4 Å². The van der Waals surface area contributed by atoms with Gasteiger partial charge in [-0.2, -0.15) is 4.98 Å². The summed E-state index contributed by atoms with van der Waals surface area (Å²) in [5, 5.41) is 12.3. The highest BCUT2D eigenvalue weighted by molar-refractivity contribution is 5.66. The van der Waals surface area contributed by atoms with Gasteiger partial charge in [-0.15, -0.1) is 0 Å². The Morgan fingerprint density at radius 1 is 1.47 bits per heavy atom. The second-order valence-electron chi connectivity index (χ2n) is 3.63. The minimum Gasteiger partial charge on any atom is -0.481 e. The molecule has 0 aliphatic carbocycles. The van der Waals surface area contributed by atoms with E-state index in [4.69, 9.17) is 9.63 Å². The number of pyridine rings is 1. The molecule has 2 aromatic rings. The molecule has 2 aromatic heterocycles. The summed E-state index contributed by atoms with van der Waals surface area (Å²) in [5.74, 6) is -0.201. The Labute approximate surface area is 97.3 Å². The van der Waals surface area contributed by atoms with E-state index in [0.717, 1.165) is 5.56 Å². The van der Waals surface area contributed by atoms with Crippen molar-refractivity contribution in [3.63, 3.8) is 0 Å². The fourth-order valence-corrected chi connectivity index (χ4v) is 1.27. The summed E-state index contributed by atoms with van der Waals surface area (Å²) in [6, 6.07) is 3.69. The number of aliphatic carboxylic acids is 1. The molecule has 0 saturated heterocycles. The highest BCUT2D eigenvalue weighted by Gasteiger charge is 2.10. The second kappa shape index (κ2) is 4.73. The van der Waals surface area contributed by atoms with Gasteiger partial charge in [-0.25, -0.2) is 0 Å². The van der Waals surface area contributed by atoms with E-state index in [0.29, 0.717) is 17.4 Å². The lowest BCUT2D eigenvalue weighted by atomic mass is 10.2. The first kappa shape index (κ1) is 11.3. The van der Waals surface area contributed by atoms with Crippen LogP contribution in [-0.2, 0) is 11.2 Å². The van der Waals surface area contributed by atoms with Gasteiger partial charge in [-0.3, -0.25) is 9.78 Å². The van der Waals surface area contributed by atoms with Gasteiger partial charge in [0.2, 0.25) is 11.7 Å². The van der Waals surface area contributed by atoms with Gasteiger partial charge in [-0.1, -0.05) is 11.2 Å². The van der Waals surface area contributed by atoms with Gasteiger partial charge in [0.25, 0.3) is 0 Å². The molecular formula is C11H11N3O3. The van der Waals surface area contributed by atoms with Gasteiger partial charge < -0.3 is 9.63 Å². The zero-order chi connectivity index (χ0) is 12.3. The topological polar surface area (TPSA) is 89.1 Å². The quantitative estimate of drug-likeness (QED) is 0.859. The van der Waals surface area contributed by atoms with Crippen LogP contribution < -0.4 is 0 Å². The van der Waals surface area contributed by atoms with Crippen molar-refractivity contribution in [3.05, 3.63) is 29.8 Å². The molecule has 2 rings (SSSR count). The minimum atomic E-state index is -0.891. The van der Waals surface area contributed by atoms with E-state index in [1.54, 1.807) is 12.3 Å². The SMILES string of the molecule is Cc1ccc(-c2noc(CCC(=O)O)n2)nc1. The van der Waals surface area contributed by atoms with Crippen molar-refractivity contribution in [3.8, 4) is 11.5 Å². The lowest BCUT2D eigenvalue weighted by Gasteiger charge is -1.93. The molecule has 0 saturated carbocycles. The van der Waals surface area contributed by atoms with Crippen LogP contribution in [0.2, 0.25) is 0 Å². The molecule has 2 heterocycles. The zero-order valence-electron chi connectivity index (χ0n) is 9.25. The summed E-state index contributed by atoms with van der Waals surface area (Å²) in [5.41, 5.74) is 1.66. The Morgan fingerprint density at radius 2 is 2.29 bits per heavy atom. The van der Waals surface area contributed by atoms with Crippen molar-refractivity contribution in [2.75, 3.05) is 0 Å². The number of rotatable bonds is 4. The van der Waals surface area contributed by atoms with Crippen LogP contribution >= 0.6 is 0 Å². The molecule has 6 heteroatoms. The Balaban J connectivity index is 2.12. The maximum Gasteiger partial charge on any atom is 0.303 e. The predicted molar refractivity (Wildman–Crippen MR) is 58.2 cm³/mol. The fraction of sp³-hybridized carbons (Fsp3) is 0.273. The Morgan fingerprint density at radius 3 is 2.94 bits per heavy atom. The van der Waals surface area contributed by atoms with Crippen LogP contribution in [-0.4, -0.2) is 26.2 Å². The van der Waals surface area contributed by atoms with E-state index in [9.17, 15) is 4.79 Å². The summed E-state index contributed by atoms with van der Waals surface area (Å²) in [7, 11) is 0. The molecule has 1 N–H and O–H groups in total. The number of carboxylic acid groups (broad SMARTS) is 1. The van der Waals surface area contributed by atoms with Crippen LogP contribution in [0.4, 0.5) is 0 Å². The van der Waals surface area contributed by atoms with Gasteiger partial charge in [0.15, 0.2) is 0 Å². The standard InChI is InChI=1S/C11H11N3O3/c1-7-2-3-8(12-6-7)11-13-9(17-14-11)4-5-10(15)16/h2-3,6H,4-5H2,1H3,(H,15,16). The largest absolute Gasteiger partial charge is 0.481 e. The molecule has 0 amide bonds. The van der Waals surface area contributed by atoms with E-state index in [1.165, 1.54) is 0 Å².